The van der Waals surface area contributed by atoms with Gasteiger partial charge in [-0.15, -0.1) is 11.3 Å². The highest BCUT2D eigenvalue weighted by atomic mass is 32.1. The van der Waals surface area contributed by atoms with Gasteiger partial charge in [-0.2, -0.15) is 0 Å². The molecule has 2 aliphatic heterocycles. The highest BCUT2D eigenvalue weighted by Gasteiger charge is 2.43. The van der Waals surface area contributed by atoms with E-state index in [-0.39, 0.29) is 17.5 Å². The van der Waals surface area contributed by atoms with Gasteiger partial charge in [-0.3, -0.25) is 9.59 Å². The Kier molecular flexibility index (Phi) is 4.36. The molecule has 1 unspecified atom stereocenters. The molecular formula is C20H19FN2O2S. The lowest BCUT2D eigenvalue weighted by molar-refractivity contribution is -0.120. The van der Waals surface area contributed by atoms with Crippen LogP contribution in [0, 0.1) is 11.7 Å². The van der Waals surface area contributed by atoms with Gasteiger partial charge in [0.2, 0.25) is 0 Å². The SMILES string of the molecule is CC1CCCN(C2=C(c3cccs3)C(=O)N(c3cccc(F)c3)C2=O)C1. The van der Waals surface area contributed by atoms with Crippen LogP contribution < -0.4 is 4.90 Å². The van der Waals surface area contributed by atoms with Crippen molar-refractivity contribution in [2.75, 3.05) is 18.0 Å². The van der Waals surface area contributed by atoms with Gasteiger partial charge in [-0.1, -0.05) is 19.1 Å². The number of thiophene rings is 1. The van der Waals surface area contributed by atoms with Crippen molar-refractivity contribution in [3.8, 4) is 0 Å². The molecule has 0 N–H and O–H groups in total. The third kappa shape index (κ3) is 2.84. The maximum absolute atomic E-state index is 13.7. The van der Waals surface area contributed by atoms with Gasteiger partial charge in [0.05, 0.1) is 11.3 Å². The van der Waals surface area contributed by atoms with Crippen LogP contribution in [0.1, 0.15) is 24.6 Å². The quantitative estimate of drug-likeness (QED) is 0.770. The Morgan fingerprint density at radius 1 is 1.15 bits per heavy atom. The lowest BCUT2D eigenvalue weighted by Crippen LogP contribution is -2.39. The molecule has 2 aliphatic rings. The summed E-state index contributed by atoms with van der Waals surface area (Å²) < 4.78 is 13.7. The molecule has 1 fully saturated rings. The summed E-state index contributed by atoms with van der Waals surface area (Å²) in [4.78, 5) is 30.3. The second-order valence-corrected chi connectivity index (χ2v) is 7.77. The van der Waals surface area contributed by atoms with Gasteiger partial charge in [0.15, 0.2) is 0 Å². The zero-order chi connectivity index (χ0) is 18.3. The van der Waals surface area contributed by atoms with Gasteiger partial charge >= 0.3 is 0 Å². The lowest BCUT2D eigenvalue weighted by Gasteiger charge is -2.33. The molecule has 134 valence electrons. The number of anilines is 1. The van der Waals surface area contributed by atoms with E-state index < -0.39 is 5.82 Å². The molecule has 2 aromatic rings. The maximum atomic E-state index is 13.7. The van der Waals surface area contributed by atoms with Crippen molar-refractivity contribution in [1.29, 1.82) is 0 Å². The predicted molar refractivity (Wildman–Crippen MR) is 100 cm³/mol. The Morgan fingerprint density at radius 2 is 2.00 bits per heavy atom. The minimum Gasteiger partial charge on any atom is -0.366 e. The van der Waals surface area contributed by atoms with E-state index in [0.29, 0.717) is 17.2 Å². The number of nitrogens with zero attached hydrogens (tertiary/aromatic N) is 2. The largest absolute Gasteiger partial charge is 0.366 e. The van der Waals surface area contributed by atoms with E-state index in [9.17, 15) is 14.0 Å². The molecule has 1 aromatic heterocycles. The number of hydrogen-bond donors (Lipinski definition) is 0. The summed E-state index contributed by atoms with van der Waals surface area (Å²) in [5, 5.41) is 1.89. The fourth-order valence-corrected chi connectivity index (χ4v) is 4.46. The molecule has 26 heavy (non-hydrogen) atoms. The second kappa shape index (κ2) is 6.68. The fourth-order valence-electron chi connectivity index (χ4n) is 3.70. The van der Waals surface area contributed by atoms with Crippen LogP contribution in [0.4, 0.5) is 10.1 Å². The van der Waals surface area contributed by atoms with Crippen molar-refractivity contribution in [1.82, 2.24) is 4.90 Å². The summed E-state index contributed by atoms with van der Waals surface area (Å²) >= 11 is 1.44. The smallest absolute Gasteiger partial charge is 0.282 e. The maximum Gasteiger partial charge on any atom is 0.282 e. The topological polar surface area (TPSA) is 40.6 Å². The summed E-state index contributed by atoms with van der Waals surface area (Å²) in [5.41, 5.74) is 1.16. The van der Waals surface area contributed by atoms with Gasteiger partial charge in [0.25, 0.3) is 11.8 Å². The molecule has 1 saturated heterocycles. The first kappa shape index (κ1) is 17.0. The highest BCUT2D eigenvalue weighted by molar-refractivity contribution is 7.11. The average molecular weight is 370 g/mol. The number of amides is 2. The number of halogens is 1. The first-order valence-electron chi connectivity index (χ1n) is 8.73. The van der Waals surface area contributed by atoms with Gasteiger partial charge in [-0.05, 0) is 48.4 Å². The first-order valence-corrected chi connectivity index (χ1v) is 9.61. The van der Waals surface area contributed by atoms with E-state index in [1.807, 2.05) is 22.4 Å². The number of piperidine rings is 1. The monoisotopic (exact) mass is 370 g/mol. The highest BCUT2D eigenvalue weighted by Crippen LogP contribution is 2.37. The van der Waals surface area contributed by atoms with Gasteiger partial charge in [0.1, 0.15) is 11.5 Å². The molecule has 0 radical (unpaired) electrons. The van der Waals surface area contributed by atoms with Crippen LogP contribution in [-0.2, 0) is 9.59 Å². The third-order valence-corrected chi connectivity index (χ3v) is 5.75. The van der Waals surface area contributed by atoms with E-state index in [4.69, 9.17) is 0 Å². The van der Waals surface area contributed by atoms with Crippen molar-refractivity contribution < 1.29 is 14.0 Å². The van der Waals surface area contributed by atoms with Crippen molar-refractivity contribution in [2.24, 2.45) is 5.92 Å². The van der Waals surface area contributed by atoms with Gasteiger partial charge < -0.3 is 4.90 Å². The van der Waals surface area contributed by atoms with Crippen molar-refractivity contribution in [3.05, 3.63) is 58.2 Å². The van der Waals surface area contributed by atoms with E-state index in [1.54, 1.807) is 6.07 Å². The average Bonchev–Trinajstić information content (AvgIpc) is 3.21. The van der Waals surface area contributed by atoms with Crippen molar-refractivity contribution in [3.63, 3.8) is 0 Å². The number of carbonyl (C=O) groups excluding carboxylic acids is 2. The number of likely N-dealkylation sites (tertiary alicyclic amines) is 1. The molecule has 1 atom stereocenters. The molecular weight excluding hydrogens is 351 g/mol. The Balaban J connectivity index is 1.81. The van der Waals surface area contributed by atoms with Crippen molar-refractivity contribution >= 4 is 34.4 Å². The lowest BCUT2D eigenvalue weighted by atomic mass is 9.99. The molecule has 3 heterocycles. The Bertz CT molecular complexity index is 891. The minimum atomic E-state index is -0.471. The molecule has 0 bridgehead atoms. The van der Waals surface area contributed by atoms with E-state index >= 15 is 0 Å². The zero-order valence-electron chi connectivity index (χ0n) is 14.4. The summed E-state index contributed by atoms with van der Waals surface area (Å²) in [6.07, 6.45) is 2.11. The fraction of sp³-hybridized carbons (Fsp3) is 0.300. The standard InChI is InChI=1S/C20H19FN2O2S/c1-13-5-3-9-22(12-13)18-17(16-8-4-10-26-16)19(24)23(20(18)25)15-7-2-6-14(21)11-15/h2,4,6-8,10-11,13H,3,5,9,12H2,1H3. The molecule has 6 heteroatoms. The van der Waals surface area contributed by atoms with Crippen LogP contribution in [0.25, 0.3) is 5.57 Å². The molecule has 0 spiro atoms. The predicted octanol–water partition coefficient (Wildman–Crippen LogP) is 3.90. The third-order valence-electron chi connectivity index (χ3n) is 4.87. The van der Waals surface area contributed by atoms with Crippen LogP contribution >= 0.6 is 11.3 Å². The first-order chi connectivity index (χ1) is 12.6. The van der Waals surface area contributed by atoms with E-state index in [2.05, 4.69) is 6.92 Å². The second-order valence-electron chi connectivity index (χ2n) is 6.82. The number of imide groups is 1. The van der Waals surface area contributed by atoms with Crippen LogP contribution in [0.2, 0.25) is 0 Å². The molecule has 0 saturated carbocycles. The molecule has 2 amide bonds. The minimum absolute atomic E-state index is 0.272. The Morgan fingerprint density at radius 3 is 2.69 bits per heavy atom. The van der Waals surface area contributed by atoms with E-state index in [0.717, 1.165) is 35.7 Å². The van der Waals surface area contributed by atoms with E-state index in [1.165, 1.54) is 29.5 Å². The van der Waals surface area contributed by atoms with Gasteiger partial charge in [0, 0.05) is 18.0 Å². The zero-order valence-corrected chi connectivity index (χ0v) is 15.3. The molecule has 1 aromatic carbocycles. The summed E-state index contributed by atoms with van der Waals surface area (Å²) in [6, 6.07) is 9.35. The normalized spacial score (nSPS) is 21.1. The Labute approximate surface area is 155 Å². The summed E-state index contributed by atoms with van der Waals surface area (Å²) in [5.74, 6) is -0.748. The molecule has 4 nitrogen and oxygen atoms in total. The van der Waals surface area contributed by atoms with Crippen LogP contribution in [0.5, 0.6) is 0 Å². The number of hydrogen-bond acceptors (Lipinski definition) is 4. The van der Waals surface area contributed by atoms with Gasteiger partial charge in [-0.25, -0.2) is 9.29 Å². The number of carbonyl (C=O) groups is 2. The Hall–Kier alpha value is -2.47. The number of rotatable bonds is 3. The van der Waals surface area contributed by atoms with Crippen LogP contribution in [-0.4, -0.2) is 29.8 Å². The molecule has 4 rings (SSSR count). The number of benzene rings is 1. The summed E-state index contributed by atoms with van der Waals surface area (Å²) in [6.45, 7) is 3.66. The van der Waals surface area contributed by atoms with Crippen LogP contribution in [0.3, 0.4) is 0 Å². The van der Waals surface area contributed by atoms with Crippen LogP contribution in [0.15, 0.2) is 47.5 Å². The van der Waals surface area contributed by atoms with Crippen molar-refractivity contribution in [2.45, 2.75) is 19.8 Å². The molecule has 0 aliphatic carbocycles. The summed E-state index contributed by atoms with van der Waals surface area (Å²) in [7, 11) is 0.